The first kappa shape index (κ1) is 16.7. The van der Waals surface area contributed by atoms with Gasteiger partial charge in [-0.05, 0) is 44.0 Å². The van der Waals surface area contributed by atoms with Crippen LogP contribution in [0, 0.1) is 0 Å². The number of para-hydroxylation sites is 2. The predicted molar refractivity (Wildman–Crippen MR) is 99.6 cm³/mol. The molecule has 0 unspecified atom stereocenters. The zero-order valence-electron chi connectivity index (χ0n) is 13.7. The number of nitrogens with one attached hydrogen (secondary N) is 2. The van der Waals surface area contributed by atoms with Crippen molar-refractivity contribution < 1.29 is 9.22 Å². The molecule has 0 atom stereocenters. The fourth-order valence-electron chi connectivity index (χ4n) is 2.53. The number of rotatable bonds is 7. The molecule has 0 spiro atoms. The van der Waals surface area contributed by atoms with E-state index in [1.165, 1.54) is 5.56 Å². The van der Waals surface area contributed by atoms with Crippen LogP contribution in [0.5, 0.6) is 5.75 Å². The highest BCUT2D eigenvalue weighted by Gasteiger charge is 2.15. The van der Waals surface area contributed by atoms with Crippen molar-refractivity contribution in [2.75, 3.05) is 4.72 Å². The van der Waals surface area contributed by atoms with Crippen molar-refractivity contribution in [1.29, 1.82) is 0 Å². The normalized spacial score (nSPS) is 11.6. The predicted octanol–water partition coefficient (Wildman–Crippen LogP) is 4.43. The Hall–Kier alpha value is -2.15. The lowest BCUT2D eigenvalue weighted by atomic mass is 9.96. The Morgan fingerprint density at radius 3 is 2.67 bits per heavy atom. The zero-order chi connectivity index (χ0) is 17.0. The molecule has 3 rings (SSSR count). The van der Waals surface area contributed by atoms with Gasteiger partial charge in [-0.2, -0.15) is 0 Å². The Bertz CT molecular complexity index is 797. The molecule has 0 saturated heterocycles. The number of hydrogen-bond acceptors (Lipinski definition) is 5. The van der Waals surface area contributed by atoms with Gasteiger partial charge < -0.3 is 20.3 Å². The summed E-state index contributed by atoms with van der Waals surface area (Å²) >= 11 is 1.02. The monoisotopic (exact) mass is 343 g/mol. The summed E-state index contributed by atoms with van der Waals surface area (Å²) in [5, 5.41) is 1.16. The van der Waals surface area contributed by atoms with Gasteiger partial charge >= 0.3 is 0 Å². The van der Waals surface area contributed by atoms with Crippen molar-refractivity contribution in [3.05, 3.63) is 60.3 Å². The molecule has 24 heavy (non-hydrogen) atoms. The van der Waals surface area contributed by atoms with Crippen molar-refractivity contribution >= 4 is 28.8 Å². The first-order valence-corrected chi connectivity index (χ1v) is 8.46. The second-order valence-corrected chi connectivity index (χ2v) is 6.86. The van der Waals surface area contributed by atoms with Crippen LogP contribution in [-0.4, -0.2) is 10.5 Å². The summed E-state index contributed by atoms with van der Waals surface area (Å²) in [6, 6.07) is 15.4. The highest BCUT2D eigenvalue weighted by Crippen LogP contribution is 2.29. The third-order valence-electron chi connectivity index (χ3n) is 3.51. The summed E-state index contributed by atoms with van der Waals surface area (Å²) in [5.41, 5.74) is 9.04. The molecular formula is C18H21N3O2S. The average molecular weight is 343 g/mol. The Labute approximate surface area is 145 Å². The lowest BCUT2D eigenvalue weighted by Gasteiger charge is -2.17. The van der Waals surface area contributed by atoms with E-state index in [4.69, 9.17) is 15.0 Å². The number of nitrogens with two attached hydrogens (primary N) is 1. The van der Waals surface area contributed by atoms with Gasteiger partial charge in [0.15, 0.2) is 18.0 Å². The average Bonchev–Trinajstić information content (AvgIpc) is 2.95. The van der Waals surface area contributed by atoms with E-state index in [1.54, 1.807) is 0 Å². The number of aromatic amines is 1. The summed E-state index contributed by atoms with van der Waals surface area (Å²) < 4.78 is 8.27. The fraction of sp³-hybridized carbons (Fsp3) is 0.222. The largest absolute Gasteiger partial charge is 0.359 e. The van der Waals surface area contributed by atoms with Gasteiger partial charge in [-0.3, -0.25) is 0 Å². The van der Waals surface area contributed by atoms with E-state index >= 15 is 0 Å². The van der Waals surface area contributed by atoms with Gasteiger partial charge in [0.1, 0.15) is 0 Å². The number of H-pyrrole nitrogens is 1. The third kappa shape index (κ3) is 4.23. The van der Waals surface area contributed by atoms with Crippen molar-refractivity contribution in [2.45, 2.75) is 25.8 Å². The smallest absolute Gasteiger partial charge is 0.166 e. The number of aromatic nitrogens is 1. The maximum atomic E-state index is 6.14. The van der Waals surface area contributed by atoms with Crippen LogP contribution in [0.3, 0.4) is 0 Å². The molecule has 5 nitrogen and oxygen atoms in total. The molecular weight excluding hydrogens is 322 g/mol. The van der Waals surface area contributed by atoms with Crippen molar-refractivity contribution in [3.8, 4) is 5.75 Å². The highest BCUT2D eigenvalue weighted by molar-refractivity contribution is 7.95. The number of fused-ring (bicyclic) bond motifs is 1. The number of hydrogen-bond donors (Lipinski definition) is 3. The molecule has 1 heterocycles. The fourth-order valence-corrected chi connectivity index (χ4v) is 2.94. The van der Waals surface area contributed by atoms with Gasteiger partial charge in [0, 0.05) is 17.1 Å². The van der Waals surface area contributed by atoms with Gasteiger partial charge in [0.25, 0.3) is 0 Å². The second kappa shape index (κ2) is 7.17. The van der Waals surface area contributed by atoms with Crippen LogP contribution >= 0.6 is 12.2 Å². The van der Waals surface area contributed by atoms with E-state index in [9.17, 15) is 0 Å². The van der Waals surface area contributed by atoms with Crippen LogP contribution in [0.25, 0.3) is 10.9 Å². The summed E-state index contributed by atoms with van der Waals surface area (Å²) in [4.78, 5) is 8.49. The van der Waals surface area contributed by atoms with E-state index in [2.05, 4.69) is 15.8 Å². The lowest BCUT2D eigenvalue weighted by Crippen LogP contribution is -2.34. The van der Waals surface area contributed by atoms with Gasteiger partial charge in [-0.15, -0.1) is 0 Å². The van der Waals surface area contributed by atoms with Crippen LogP contribution in [0.2, 0.25) is 0 Å². The lowest BCUT2D eigenvalue weighted by molar-refractivity contribution is -0.0771. The molecule has 0 amide bonds. The Balaban J connectivity index is 1.65. The molecule has 0 aliphatic heterocycles. The maximum absolute atomic E-state index is 6.14. The molecule has 0 aliphatic rings. The summed E-state index contributed by atoms with van der Waals surface area (Å²) in [6.45, 7) is 4.05. The first-order valence-electron chi connectivity index (χ1n) is 7.72. The molecule has 0 bridgehead atoms. The van der Waals surface area contributed by atoms with Crippen LogP contribution in [0.1, 0.15) is 19.4 Å². The molecule has 126 valence electrons. The van der Waals surface area contributed by atoms with Crippen molar-refractivity contribution in [3.63, 3.8) is 0 Å². The molecule has 0 fully saturated rings. The molecule has 0 aliphatic carbocycles. The van der Waals surface area contributed by atoms with Crippen LogP contribution in [0.4, 0.5) is 5.69 Å². The van der Waals surface area contributed by atoms with Crippen molar-refractivity contribution in [2.24, 2.45) is 5.73 Å². The molecule has 4 N–H and O–H groups in total. The maximum Gasteiger partial charge on any atom is 0.166 e. The minimum absolute atomic E-state index is 0.250. The van der Waals surface area contributed by atoms with Gasteiger partial charge in [-0.25, -0.2) is 0 Å². The molecule has 0 radical (unpaired) electrons. The molecule has 2 aromatic carbocycles. The number of benzene rings is 2. The van der Waals surface area contributed by atoms with E-state index < -0.39 is 0 Å². The quantitative estimate of drug-likeness (QED) is 0.195. The van der Waals surface area contributed by atoms with Crippen LogP contribution in [0.15, 0.2) is 54.7 Å². The zero-order valence-corrected chi connectivity index (χ0v) is 14.5. The van der Waals surface area contributed by atoms with Crippen LogP contribution < -0.4 is 15.3 Å². The van der Waals surface area contributed by atoms with Gasteiger partial charge in [-0.1, -0.05) is 34.7 Å². The molecule has 6 heteroatoms. The SMILES string of the molecule is CC(C)(N)Cc1c[nH]c2c(NSOOc3ccccc3)cccc12. The van der Waals surface area contributed by atoms with Crippen molar-refractivity contribution in [1.82, 2.24) is 4.98 Å². The molecule has 3 aromatic rings. The Kier molecular flexibility index (Phi) is 4.99. The third-order valence-corrected chi connectivity index (χ3v) is 3.95. The van der Waals surface area contributed by atoms with Gasteiger partial charge in [0.2, 0.25) is 0 Å². The van der Waals surface area contributed by atoms with Gasteiger partial charge in [0.05, 0.1) is 11.2 Å². The summed E-state index contributed by atoms with van der Waals surface area (Å²) in [6.07, 6.45) is 2.81. The topological polar surface area (TPSA) is 72.3 Å². The standard InChI is InChI=1S/C18H21N3O2S/c1-18(2,19)11-13-12-20-17-15(13)9-6-10-16(17)21-24-23-22-14-7-4-3-5-8-14/h3-10,12,20-21H,11,19H2,1-2H3. The first-order chi connectivity index (χ1) is 11.5. The van der Waals surface area contributed by atoms with E-state index in [0.717, 1.165) is 35.2 Å². The van der Waals surface area contributed by atoms with Crippen LogP contribution in [-0.2, 0) is 10.8 Å². The molecule has 0 saturated carbocycles. The minimum Gasteiger partial charge on any atom is -0.359 e. The summed E-state index contributed by atoms with van der Waals surface area (Å²) in [7, 11) is 0. The van der Waals surface area contributed by atoms with E-state index in [0.29, 0.717) is 5.75 Å². The number of anilines is 1. The highest BCUT2D eigenvalue weighted by atomic mass is 32.2. The minimum atomic E-state index is -0.250. The molecule has 1 aromatic heterocycles. The Morgan fingerprint density at radius 1 is 1.12 bits per heavy atom. The van der Waals surface area contributed by atoms with E-state index in [-0.39, 0.29) is 5.54 Å². The second-order valence-electron chi connectivity index (χ2n) is 6.36. The van der Waals surface area contributed by atoms with E-state index in [1.807, 2.05) is 62.5 Å². The summed E-state index contributed by atoms with van der Waals surface area (Å²) in [5.74, 6) is 0.650. The Morgan fingerprint density at radius 2 is 1.92 bits per heavy atom.